The normalized spacial score (nSPS) is 20.5. The topological polar surface area (TPSA) is 55.5 Å². The maximum atomic E-state index is 12.9. The van der Waals surface area contributed by atoms with Gasteiger partial charge in [-0.05, 0) is 24.6 Å². The summed E-state index contributed by atoms with van der Waals surface area (Å²) in [5.74, 6) is -0.402. The van der Waals surface area contributed by atoms with Gasteiger partial charge in [0.25, 0.3) is 0 Å². The molecule has 1 atom stereocenters. The van der Waals surface area contributed by atoms with Gasteiger partial charge in [-0.2, -0.15) is 0 Å². The van der Waals surface area contributed by atoms with E-state index in [9.17, 15) is 9.41 Å². The first-order valence-corrected chi connectivity index (χ1v) is 4.02. The second-order valence-electron chi connectivity index (χ2n) is 3.13. The van der Waals surface area contributed by atoms with Gasteiger partial charge in [0.1, 0.15) is 5.82 Å². The first-order chi connectivity index (χ1) is 6.09. The first-order valence-electron chi connectivity index (χ1n) is 4.02. The molecule has 0 saturated carbocycles. The second kappa shape index (κ2) is 2.72. The lowest BCUT2D eigenvalue weighted by Crippen LogP contribution is -2.30. The van der Waals surface area contributed by atoms with Crippen LogP contribution in [0.2, 0.25) is 0 Å². The molecule has 1 aliphatic rings. The van der Waals surface area contributed by atoms with Crippen LogP contribution in [-0.2, 0) is 4.65 Å². The summed E-state index contributed by atoms with van der Waals surface area (Å²) in [5, 5.41) is 9.40. The summed E-state index contributed by atoms with van der Waals surface area (Å²) in [7, 11) is -1.02. The van der Waals surface area contributed by atoms with Gasteiger partial charge in [0.15, 0.2) is 0 Å². The molecular weight excluding hydrogens is 172 g/mol. The lowest BCUT2D eigenvalue weighted by Gasteiger charge is -2.04. The van der Waals surface area contributed by atoms with E-state index in [0.29, 0.717) is 11.0 Å². The Morgan fingerprint density at radius 2 is 2.31 bits per heavy atom. The summed E-state index contributed by atoms with van der Waals surface area (Å²) in [6.45, 7) is 1.74. The quantitative estimate of drug-likeness (QED) is 0.443. The molecule has 1 aliphatic heterocycles. The van der Waals surface area contributed by atoms with Crippen molar-refractivity contribution in [3.8, 4) is 0 Å². The van der Waals surface area contributed by atoms with E-state index in [0.717, 1.165) is 0 Å². The Morgan fingerprint density at radius 3 is 3.00 bits per heavy atom. The molecule has 0 amide bonds. The fraction of sp³-hybridized carbons (Fsp3) is 0.250. The van der Waals surface area contributed by atoms with E-state index in [2.05, 4.69) is 0 Å². The van der Waals surface area contributed by atoms with Gasteiger partial charge >= 0.3 is 7.12 Å². The van der Waals surface area contributed by atoms with Crippen molar-refractivity contribution >= 4 is 18.3 Å². The zero-order valence-corrected chi connectivity index (χ0v) is 7.12. The molecule has 3 nitrogen and oxygen atoms in total. The van der Waals surface area contributed by atoms with Gasteiger partial charge in [-0.15, -0.1) is 0 Å². The monoisotopic (exact) mass is 181 g/mol. The summed E-state index contributed by atoms with van der Waals surface area (Å²) in [5.41, 5.74) is 6.91. The lowest BCUT2D eigenvalue weighted by atomic mass is 9.78. The molecule has 1 aromatic carbocycles. The Labute approximate surface area is 75.5 Å². The maximum Gasteiger partial charge on any atom is 0.494 e. The van der Waals surface area contributed by atoms with Crippen LogP contribution in [0.25, 0.3) is 0 Å². The zero-order valence-electron chi connectivity index (χ0n) is 7.12. The number of rotatable bonds is 0. The minimum absolute atomic E-state index is 0.242. The number of hydrogen-bond acceptors (Lipinski definition) is 3. The summed E-state index contributed by atoms with van der Waals surface area (Å²) in [6.07, 6.45) is -0.303. The minimum atomic E-state index is -1.02. The molecule has 0 spiro atoms. The summed E-state index contributed by atoms with van der Waals surface area (Å²) in [6, 6.07) is 2.52. The molecular formula is C8H9BFNO2. The number of halogens is 1. The van der Waals surface area contributed by atoms with Crippen molar-refractivity contribution in [3.05, 3.63) is 23.5 Å². The number of fused-ring (bicyclic) bond motifs is 1. The molecule has 0 saturated heterocycles. The molecule has 0 fully saturated rings. The van der Waals surface area contributed by atoms with Crippen molar-refractivity contribution in [1.29, 1.82) is 0 Å². The van der Waals surface area contributed by atoms with Crippen LogP contribution in [-0.4, -0.2) is 12.1 Å². The van der Waals surface area contributed by atoms with E-state index >= 15 is 0 Å². The number of nitrogens with two attached hydrogens (primary N) is 1. The molecule has 3 N–H and O–H groups in total. The van der Waals surface area contributed by atoms with Crippen molar-refractivity contribution in [3.63, 3.8) is 0 Å². The third-order valence-electron chi connectivity index (χ3n) is 2.23. The van der Waals surface area contributed by atoms with Crippen LogP contribution in [0.15, 0.2) is 12.1 Å². The largest absolute Gasteiger partial charge is 0.494 e. The molecule has 68 valence electrons. The minimum Gasteiger partial charge on any atom is -0.423 e. The van der Waals surface area contributed by atoms with Crippen LogP contribution in [0, 0.1) is 5.82 Å². The molecule has 2 rings (SSSR count). The van der Waals surface area contributed by atoms with Gasteiger partial charge in [-0.1, -0.05) is 0 Å². The van der Waals surface area contributed by atoms with E-state index in [-0.39, 0.29) is 11.8 Å². The standard InChI is InChI=1S/C8H9BFNO2/c1-4-6-2-5(10)3-7(11)8(6)9(12)13-4/h2-4,12H,11H2,1H3. The van der Waals surface area contributed by atoms with E-state index in [4.69, 9.17) is 10.4 Å². The number of hydrogen-bond donors (Lipinski definition) is 2. The van der Waals surface area contributed by atoms with Crippen molar-refractivity contribution in [1.82, 2.24) is 0 Å². The third kappa shape index (κ3) is 1.20. The van der Waals surface area contributed by atoms with Crippen LogP contribution >= 0.6 is 0 Å². The number of nitrogen functional groups attached to an aromatic ring is 1. The van der Waals surface area contributed by atoms with E-state index in [1.165, 1.54) is 12.1 Å². The number of benzene rings is 1. The van der Waals surface area contributed by atoms with Gasteiger partial charge in [-0.25, -0.2) is 4.39 Å². The summed E-state index contributed by atoms with van der Waals surface area (Å²) >= 11 is 0. The third-order valence-corrected chi connectivity index (χ3v) is 2.23. The molecule has 0 bridgehead atoms. The molecule has 1 unspecified atom stereocenters. The highest BCUT2D eigenvalue weighted by atomic mass is 19.1. The van der Waals surface area contributed by atoms with E-state index in [1.807, 2.05) is 0 Å². The molecule has 0 radical (unpaired) electrons. The zero-order chi connectivity index (χ0) is 9.59. The highest BCUT2D eigenvalue weighted by Crippen LogP contribution is 2.25. The average molecular weight is 181 g/mol. The Balaban J connectivity index is 2.63. The van der Waals surface area contributed by atoms with Gasteiger partial charge in [0, 0.05) is 11.2 Å². The Morgan fingerprint density at radius 1 is 1.62 bits per heavy atom. The second-order valence-corrected chi connectivity index (χ2v) is 3.13. The molecule has 5 heteroatoms. The molecule has 1 aromatic rings. The van der Waals surface area contributed by atoms with Crippen LogP contribution in [0.4, 0.5) is 10.1 Å². The predicted octanol–water partition coefficient (Wildman–Crippen LogP) is 0.187. The van der Waals surface area contributed by atoms with E-state index < -0.39 is 12.9 Å². The maximum absolute atomic E-state index is 12.9. The molecule has 0 aromatic heterocycles. The molecule has 1 heterocycles. The van der Waals surface area contributed by atoms with Crippen molar-refractivity contribution in [2.24, 2.45) is 0 Å². The van der Waals surface area contributed by atoms with Crippen molar-refractivity contribution in [2.75, 3.05) is 5.73 Å². The summed E-state index contributed by atoms with van der Waals surface area (Å²) < 4.78 is 18.0. The summed E-state index contributed by atoms with van der Waals surface area (Å²) in [4.78, 5) is 0. The molecule has 0 aliphatic carbocycles. The Kier molecular flexibility index (Phi) is 1.78. The van der Waals surface area contributed by atoms with Crippen LogP contribution in [0.3, 0.4) is 0 Å². The van der Waals surface area contributed by atoms with Gasteiger partial charge in [-0.3, -0.25) is 0 Å². The first kappa shape index (κ1) is 8.53. The number of anilines is 1. The van der Waals surface area contributed by atoms with Gasteiger partial charge in [0.05, 0.1) is 6.10 Å². The van der Waals surface area contributed by atoms with Crippen LogP contribution < -0.4 is 11.2 Å². The van der Waals surface area contributed by atoms with Crippen LogP contribution in [0.1, 0.15) is 18.6 Å². The Bertz CT molecular complexity index is 358. The SMILES string of the molecule is CC1OB(O)c2c(N)cc(F)cc21. The average Bonchev–Trinajstić information content (AvgIpc) is 2.27. The van der Waals surface area contributed by atoms with Crippen molar-refractivity contribution < 1.29 is 14.1 Å². The predicted molar refractivity (Wildman–Crippen MR) is 47.9 cm³/mol. The van der Waals surface area contributed by atoms with Crippen LogP contribution in [0.5, 0.6) is 0 Å². The lowest BCUT2D eigenvalue weighted by molar-refractivity contribution is 0.208. The highest BCUT2D eigenvalue weighted by molar-refractivity contribution is 6.63. The fourth-order valence-corrected chi connectivity index (χ4v) is 1.62. The molecule has 13 heavy (non-hydrogen) atoms. The highest BCUT2D eigenvalue weighted by Gasteiger charge is 2.34. The fourth-order valence-electron chi connectivity index (χ4n) is 1.62. The van der Waals surface area contributed by atoms with Gasteiger partial charge < -0.3 is 15.4 Å². The van der Waals surface area contributed by atoms with Gasteiger partial charge in [0.2, 0.25) is 0 Å². The van der Waals surface area contributed by atoms with E-state index in [1.54, 1.807) is 6.92 Å². The Hall–Kier alpha value is -1.07. The van der Waals surface area contributed by atoms with Crippen molar-refractivity contribution in [2.45, 2.75) is 13.0 Å². The smallest absolute Gasteiger partial charge is 0.423 e.